The zero-order chi connectivity index (χ0) is 11.9. The molecule has 3 nitrogen and oxygen atoms in total. The molecule has 0 aliphatic heterocycles. The van der Waals surface area contributed by atoms with Gasteiger partial charge in [-0.3, -0.25) is 0 Å². The molecule has 1 N–H and O–H groups in total. The Morgan fingerprint density at radius 1 is 1.12 bits per heavy atom. The van der Waals surface area contributed by atoms with Crippen molar-refractivity contribution in [2.45, 2.75) is 39.0 Å². The zero-order valence-corrected chi connectivity index (χ0v) is 12.0. The van der Waals surface area contributed by atoms with Gasteiger partial charge in [0, 0.05) is 0 Å². The zero-order valence-electron chi connectivity index (χ0n) is 10.3. The molecule has 1 heterocycles. The van der Waals surface area contributed by atoms with E-state index in [1.807, 2.05) is 6.07 Å². The van der Waals surface area contributed by atoms with Gasteiger partial charge in [0.1, 0.15) is 0 Å². The molecule has 0 aliphatic rings. The van der Waals surface area contributed by atoms with E-state index < -0.39 is 0 Å². The van der Waals surface area contributed by atoms with Crippen LogP contribution in [0.25, 0.3) is 11.0 Å². The quantitative estimate of drug-likeness (QED) is 0.630. The Hall–Kier alpha value is -0.861. The van der Waals surface area contributed by atoms with E-state index in [2.05, 4.69) is 32.3 Å². The minimum absolute atomic E-state index is 0.0707. The van der Waals surface area contributed by atoms with Crippen LogP contribution in [-0.4, -0.2) is 29.5 Å². The number of anilines is 1. The fourth-order valence-electron chi connectivity index (χ4n) is 1.90. The summed E-state index contributed by atoms with van der Waals surface area (Å²) in [4.78, 5) is 0. The third-order valence-corrected chi connectivity index (χ3v) is 4.02. The van der Waals surface area contributed by atoms with Gasteiger partial charge in [0.25, 0.3) is 0 Å². The molecule has 2 rings (SSSR count). The summed E-state index contributed by atoms with van der Waals surface area (Å²) in [5, 5.41) is 3.48. The fourth-order valence-corrected chi connectivity index (χ4v) is 3.05. The first-order valence-corrected chi connectivity index (χ1v) is 7.90. The van der Waals surface area contributed by atoms with E-state index in [1.165, 1.54) is 32.1 Å². The van der Waals surface area contributed by atoms with Crippen molar-refractivity contribution in [2.75, 3.05) is 11.9 Å². The summed E-state index contributed by atoms with van der Waals surface area (Å²) in [5.74, 6) is 0. The molecule has 0 amide bonds. The normalized spacial score (nSPS) is 10.9. The van der Waals surface area contributed by atoms with Crippen molar-refractivity contribution in [1.82, 2.24) is 7.96 Å². The summed E-state index contributed by atoms with van der Waals surface area (Å²) < 4.78 is 8.85. The van der Waals surface area contributed by atoms with E-state index in [9.17, 15) is 0 Å². The Morgan fingerprint density at radius 3 is 2.88 bits per heavy atom. The van der Waals surface area contributed by atoms with Crippen molar-refractivity contribution in [3.63, 3.8) is 0 Å². The molecule has 2 aromatic rings. The maximum atomic E-state index is 4.46. The van der Waals surface area contributed by atoms with Crippen molar-refractivity contribution in [3.8, 4) is 0 Å². The average molecular weight is 296 g/mol. The van der Waals surface area contributed by atoms with Crippen molar-refractivity contribution < 1.29 is 0 Å². The van der Waals surface area contributed by atoms with Gasteiger partial charge in [-0.1, -0.05) is 0 Å². The number of aromatic nitrogens is 2. The van der Waals surface area contributed by atoms with Gasteiger partial charge < -0.3 is 0 Å². The van der Waals surface area contributed by atoms with Crippen molar-refractivity contribution in [1.29, 1.82) is 0 Å². The number of rotatable bonds is 7. The van der Waals surface area contributed by atoms with Gasteiger partial charge in [-0.15, -0.1) is 0 Å². The van der Waals surface area contributed by atoms with Gasteiger partial charge in [0.05, 0.1) is 0 Å². The monoisotopic (exact) mass is 297 g/mol. The summed E-state index contributed by atoms with van der Waals surface area (Å²) in [7, 11) is 0. The van der Waals surface area contributed by atoms with Crippen LogP contribution in [0, 0.1) is 0 Å². The van der Waals surface area contributed by atoms with Crippen LogP contribution in [0.4, 0.5) is 5.69 Å². The van der Waals surface area contributed by atoms with Crippen molar-refractivity contribution in [2.24, 2.45) is 0 Å². The Bertz CT molecular complexity index is 453. The van der Waals surface area contributed by atoms with Crippen LogP contribution in [0.15, 0.2) is 18.2 Å². The average Bonchev–Trinajstić information content (AvgIpc) is 2.82. The molecule has 0 spiro atoms. The number of unbranched alkanes of at least 4 members (excludes halogenated alkanes) is 4. The SMILES string of the molecule is CCCCCCCNc1cccc2n[se]nc12. The number of benzene rings is 1. The first-order valence-electron chi connectivity index (χ1n) is 6.37. The third kappa shape index (κ3) is 3.55. The molecule has 0 saturated carbocycles. The molecular weight excluding hydrogens is 277 g/mol. The molecule has 1 aromatic heterocycles. The molecule has 0 radical (unpaired) electrons. The number of hydrogen-bond donors (Lipinski definition) is 1. The van der Waals surface area contributed by atoms with E-state index in [1.54, 1.807) is 0 Å². The summed E-state index contributed by atoms with van der Waals surface area (Å²) in [6.07, 6.45) is 6.58. The van der Waals surface area contributed by atoms with Crippen LogP contribution in [0.2, 0.25) is 0 Å². The second-order valence-electron chi connectivity index (χ2n) is 4.28. The number of nitrogens with zero attached hydrogens (tertiary/aromatic N) is 2. The molecule has 17 heavy (non-hydrogen) atoms. The van der Waals surface area contributed by atoms with Crippen LogP contribution >= 0.6 is 0 Å². The van der Waals surface area contributed by atoms with E-state index in [0.717, 1.165) is 23.3 Å². The van der Waals surface area contributed by atoms with E-state index in [4.69, 9.17) is 0 Å². The van der Waals surface area contributed by atoms with Crippen LogP contribution in [0.5, 0.6) is 0 Å². The van der Waals surface area contributed by atoms with Gasteiger partial charge in [0.15, 0.2) is 0 Å². The van der Waals surface area contributed by atoms with Crippen molar-refractivity contribution >= 4 is 31.7 Å². The van der Waals surface area contributed by atoms with Gasteiger partial charge in [-0.2, -0.15) is 0 Å². The predicted molar refractivity (Wildman–Crippen MR) is 73.7 cm³/mol. The fraction of sp³-hybridized carbons (Fsp3) is 0.538. The van der Waals surface area contributed by atoms with E-state index >= 15 is 0 Å². The summed E-state index contributed by atoms with van der Waals surface area (Å²) in [6.45, 7) is 3.29. The molecule has 92 valence electrons. The van der Waals surface area contributed by atoms with Gasteiger partial charge >= 0.3 is 109 Å². The van der Waals surface area contributed by atoms with E-state index in [-0.39, 0.29) is 15.0 Å². The van der Waals surface area contributed by atoms with Crippen LogP contribution in [-0.2, 0) is 0 Å². The molecule has 4 heteroatoms. The Labute approximate surface area is 109 Å². The first kappa shape index (κ1) is 12.6. The second kappa shape index (κ2) is 6.77. The first-order chi connectivity index (χ1) is 8.42. The number of fused-ring (bicyclic) bond motifs is 1. The molecule has 0 aliphatic carbocycles. The third-order valence-electron chi connectivity index (χ3n) is 2.88. The maximum absolute atomic E-state index is 4.46. The summed E-state index contributed by atoms with van der Waals surface area (Å²) >= 11 is 0.0707. The predicted octanol–water partition coefficient (Wildman–Crippen LogP) is 3.07. The molecule has 0 fully saturated rings. The van der Waals surface area contributed by atoms with E-state index in [0.29, 0.717) is 0 Å². The Morgan fingerprint density at radius 2 is 2.00 bits per heavy atom. The molecule has 0 unspecified atom stereocenters. The van der Waals surface area contributed by atoms with Gasteiger partial charge in [0.2, 0.25) is 0 Å². The standard InChI is InChI=1S/C13H19N3Se/c1-2-3-4-5-6-10-14-11-8-7-9-12-13(11)16-17-15-12/h7-9,14H,2-6,10H2,1H3. The molecule has 0 atom stereocenters. The molecular formula is C13H19N3Se. The minimum atomic E-state index is 0.0707. The van der Waals surface area contributed by atoms with Crippen LogP contribution in [0.3, 0.4) is 0 Å². The molecule has 0 saturated heterocycles. The summed E-state index contributed by atoms with van der Waals surface area (Å²) in [6, 6.07) is 6.20. The molecule has 1 aromatic carbocycles. The Balaban J connectivity index is 1.80. The van der Waals surface area contributed by atoms with Gasteiger partial charge in [-0.05, 0) is 0 Å². The number of nitrogens with one attached hydrogen (secondary N) is 1. The number of hydrogen-bond acceptors (Lipinski definition) is 3. The summed E-state index contributed by atoms with van der Waals surface area (Å²) in [5.41, 5.74) is 3.28. The second-order valence-corrected chi connectivity index (χ2v) is 5.39. The molecule has 0 bridgehead atoms. The van der Waals surface area contributed by atoms with Gasteiger partial charge in [-0.25, -0.2) is 0 Å². The van der Waals surface area contributed by atoms with Crippen LogP contribution < -0.4 is 5.32 Å². The topological polar surface area (TPSA) is 37.8 Å². The van der Waals surface area contributed by atoms with Crippen molar-refractivity contribution in [3.05, 3.63) is 18.2 Å². The Kier molecular flexibility index (Phi) is 5.02. The van der Waals surface area contributed by atoms with Crippen LogP contribution in [0.1, 0.15) is 39.0 Å².